The Morgan fingerprint density at radius 2 is 1.31 bits per heavy atom. The highest BCUT2D eigenvalue weighted by molar-refractivity contribution is 5.75. The summed E-state index contributed by atoms with van der Waals surface area (Å²) >= 11 is 0. The van der Waals surface area contributed by atoms with Crippen LogP contribution in [0.1, 0.15) is 13.3 Å². The lowest BCUT2D eigenvalue weighted by Crippen LogP contribution is -2.13. The van der Waals surface area contributed by atoms with Crippen molar-refractivity contribution >= 4 is 5.78 Å². The van der Waals surface area contributed by atoms with Crippen molar-refractivity contribution in [3.8, 4) is 0 Å². The van der Waals surface area contributed by atoms with Gasteiger partial charge in [-0.15, -0.1) is 0 Å². The third kappa shape index (κ3) is 13.5. The van der Waals surface area contributed by atoms with Gasteiger partial charge in [0.2, 0.25) is 0 Å². The number of ether oxygens (including phenoxy) is 3. The molecule has 6 heteroatoms. The quantitative estimate of drug-likeness (QED) is 0.376. The molecule has 0 unspecified atom stereocenters. The van der Waals surface area contributed by atoms with Crippen LogP contribution in [0.5, 0.6) is 0 Å². The largest absolute Gasteiger partial charge is 0.379 e. The third-order valence-corrected chi connectivity index (χ3v) is 1.69. The molecular formula is C10H21NO5. The van der Waals surface area contributed by atoms with Crippen molar-refractivity contribution in [1.29, 1.82) is 0 Å². The maximum absolute atomic E-state index is 10.6. The van der Waals surface area contributed by atoms with Crippen LogP contribution in [0.15, 0.2) is 0 Å². The molecule has 0 heterocycles. The molecule has 0 aromatic rings. The standard InChI is InChI=1S/C10H21NO5/c1-10(12)2-3-13-4-5-14-6-7-15-8-9-16-11/h2-9,11H2,1H3. The molecule has 0 fully saturated rings. The number of Topliss-reactive ketones (excluding diaryl/α,β-unsaturated/α-hetero) is 1. The van der Waals surface area contributed by atoms with Crippen LogP contribution in [0.2, 0.25) is 0 Å². The Kier molecular flexibility index (Phi) is 12.1. The normalized spacial score (nSPS) is 10.6. The molecule has 6 nitrogen and oxygen atoms in total. The van der Waals surface area contributed by atoms with Gasteiger partial charge in [-0.2, -0.15) is 0 Å². The molecule has 0 amide bonds. The molecule has 0 rings (SSSR count). The van der Waals surface area contributed by atoms with Gasteiger partial charge in [0.1, 0.15) is 5.78 Å². The van der Waals surface area contributed by atoms with Gasteiger partial charge in [0.15, 0.2) is 0 Å². The van der Waals surface area contributed by atoms with E-state index in [2.05, 4.69) is 4.84 Å². The average Bonchev–Trinajstić information content (AvgIpc) is 2.25. The van der Waals surface area contributed by atoms with Crippen LogP contribution in [0.25, 0.3) is 0 Å². The van der Waals surface area contributed by atoms with Crippen molar-refractivity contribution in [2.24, 2.45) is 5.90 Å². The van der Waals surface area contributed by atoms with E-state index >= 15 is 0 Å². The highest BCUT2D eigenvalue weighted by atomic mass is 16.6. The zero-order valence-corrected chi connectivity index (χ0v) is 9.78. The van der Waals surface area contributed by atoms with Crippen molar-refractivity contribution in [3.05, 3.63) is 0 Å². The lowest BCUT2D eigenvalue weighted by molar-refractivity contribution is -0.118. The molecule has 0 saturated heterocycles. The summed E-state index contributed by atoms with van der Waals surface area (Å²) in [4.78, 5) is 14.9. The molecule has 0 aliphatic rings. The van der Waals surface area contributed by atoms with Crippen molar-refractivity contribution in [3.63, 3.8) is 0 Å². The fourth-order valence-corrected chi connectivity index (χ4v) is 0.865. The van der Waals surface area contributed by atoms with Gasteiger partial charge < -0.3 is 19.0 Å². The summed E-state index contributed by atoms with van der Waals surface area (Å²) < 4.78 is 15.5. The molecule has 0 spiro atoms. The van der Waals surface area contributed by atoms with Crippen LogP contribution >= 0.6 is 0 Å². The van der Waals surface area contributed by atoms with Gasteiger partial charge in [-0.05, 0) is 6.92 Å². The third-order valence-electron chi connectivity index (χ3n) is 1.69. The van der Waals surface area contributed by atoms with Gasteiger partial charge in [0.25, 0.3) is 0 Å². The Morgan fingerprint density at radius 3 is 1.75 bits per heavy atom. The molecule has 0 saturated carbocycles. The predicted octanol–water partition coefficient (Wildman–Crippen LogP) is -0.0944. The topological polar surface area (TPSA) is 80.0 Å². The summed E-state index contributed by atoms with van der Waals surface area (Å²) in [6, 6.07) is 0. The smallest absolute Gasteiger partial charge is 0.132 e. The maximum atomic E-state index is 10.6. The number of hydrogen-bond donors (Lipinski definition) is 1. The first-order valence-corrected chi connectivity index (χ1v) is 5.31. The fraction of sp³-hybridized carbons (Fsp3) is 0.900. The number of ketones is 1. The van der Waals surface area contributed by atoms with Crippen molar-refractivity contribution in [1.82, 2.24) is 0 Å². The average molecular weight is 235 g/mol. The SMILES string of the molecule is CC(=O)CCOCCOCCOCCON. The van der Waals surface area contributed by atoms with Crippen LogP contribution in [0.4, 0.5) is 0 Å². The van der Waals surface area contributed by atoms with Gasteiger partial charge in [-0.1, -0.05) is 0 Å². The Bertz CT molecular complexity index is 165. The van der Waals surface area contributed by atoms with Crippen molar-refractivity contribution in [2.45, 2.75) is 13.3 Å². The summed E-state index contributed by atoms with van der Waals surface area (Å²) in [6.45, 7) is 4.89. The molecule has 0 aliphatic carbocycles. The first-order valence-electron chi connectivity index (χ1n) is 5.31. The summed E-state index contributed by atoms with van der Waals surface area (Å²) in [6.07, 6.45) is 0.461. The summed E-state index contributed by atoms with van der Waals surface area (Å²) in [5, 5.41) is 0. The fourth-order valence-electron chi connectivity index (χ4n) is 0.865. The minimum Gasteiger partial charge on any atom is -0.379 e. The van der Waals surface area contributed by atoms with E-state index in [1.165, 1.54) is 0 Å². The van der Waals surface area contributed by atoms with Crippen LogP contribution < -0.4 is 5.90 Å². The van der Waals surface area contributed by atoms with Gasteiger partial charge in [0.05, 0.1) is 46.2 Å². The predicted molar refractivity (Wildman–Crippen MR) is 57.9 cm³/mol. The second kappa shape index (κ2) is 12.5. The molecule has 0 aromatic carbocycles. The lowest BCUT2D eigenvalue weighted by atomic mass is 10.3. The van der Waals surface area contributed by atoms with Gasteiger partial charge in [0, 0.05) is 6.42 Å². The van der Waals surface area contributed by atoms with Gasteiger partial charge in [-0.3, -0.25) is 4.79 Å². The molecule has 2 N–H and O–H groups in total. The highest BCUT2D eigenvalue weighted by Gasteiger charge is 1.94. The van der Waals surface area contributed by atoms with E-state index in [1.54, 1.807) is 6.92 Å². The number of carbonyl (C=O) groups is 1. The zero-order valence-electron chi connectivity index (χ0n) is 9.78. The summed E-state index contributed by atoms with van der Waals surface area (Å²) in [5.74, 6) is 4.94. The molecule has 96 valence electrons. The molecule has 0 aromatic heterocycles. The minimum atomic E-state index is 0.136. The molecule has 0 atom stereocenters. The van der Waals surface area contributed by atoms with Crippen LogP contribution in [0, 0.1) is 0 Å². The molecule has 0 aliphatic heterocycles. The Morgan fingerprint density at radius 1 is 0.875 bits per heavy atom. The van der Waals surface area contributed by atoms with E-state index in [0.717, 1.165) is 0 Å². The molecular weight excluding hydrogens is 214 g/mol. The second-order valence-electron chi connectivity index (χ2n) is 3.16. The van der Waals surface area contributed by atoms with E-state index in [4.69, 9.17) is 20.1 Å². The Labute approximate surface area is 95.9 Å². The van der Waals surface area contributed by atoms with Crippen molar-refractivity contribution < 1.29 is 23.8 Å². The van der Waals surface area contributed by atoms with E-state index in [9.17, 15) is 4.79 Å². The van der Waals surface area contributed by atoms with E-state index in [1.807, 2.05) is 0 Å². The van der Waals surface area contributed by atoms with E-state index < -0.39 is 0 Å². The van der Waals surface area contributed by atoms with Gasteiger partial charge >= 0.3 is 0 Å². The Balaban J connectivity index is 2.90. The molecule has 16 heavy (non-hydrogen) atoms. The summed E-state index contributed by atoms with van der Waals surface area (Å²) in [7, 11) is 0. The number of carbonyl (C=O) groups excluding carboxylic acids is 1. The van der Waals surface area contributed by atoms with Crippen molar-refractivity contribution in [2.75, 3.05) is 46.2 Å². The lowest BCUT2D eigenvalue weighted by Gasteiger charge is -2.05. The highest BCUT2D eigenvalue weighted by Crippen LogP contribution is 1.85. The first-order chi connectivity index (χ1) is 7.77. The van der Waals surface area contributed by atoms with Crippen LogP contribution in [0.3, 0.4) is 0 Å². The van der Waals surface area contributed by atoms with Gasteiger partial charge in [-0.25, -0.2) is 5.90 Å². The number of rotatable bonds is 12. The minimum absolute atomic E-state index is 0.136. The molecule has 0 bridgehead atoms. The monoisotopic (exact) mass is 235 g/mol. The van der Waals surface area contributed by atoms with Crippen LogP contribution in [-0.2, 0) is 23.8 Å². The first kappa shape index (κ1) is 15.5. The zero-order chi connectivity index (χ0) is 12.1. The second-order valence-corrected chi connectivity index (χ2v) is 3.16. The number of nitrogens with two attached hydrogens (primary N) is 1. The summed E-state index contributed by atoms with van der Waals surface area (Å²) in [5.41, 5.74) is 0. The Hall–Kier alpha value is -0.530. The molecule has 0 radical (unpaired) electrons. The van der Waals surface area contributed by atoms with E-state index in [0.29, 0.717) is 52.7 Å². The maximum Gasteiger partial charge on any atom is 0.132 e. The van der Waals surface area contributed by atoms with Crippen LogP contribution in [-0.4, -0.2) is 52.0 Å². The van der Waals surface area contributed by atoms with E-state index in [-0.39, 0.29) is 5.78 Å². The number of hydrogen-bond acceptors (Lipinski definition) is 6.